The van der Waals surface area contributed by atoms with Crippen molar-refractivity contribution in [2.75, 3.05) is 5.73 Å². The monoisotopic (exact) mass is 258 g/mol. The molecule has 3 N–H and O–H groups in total. The molecule has 0 saturated carbocycles. The minimum Gasteiger partial charge on any atom is -0.399 e. The van der Waals surface area contributed by atoms with E-state index < -0.39 is 0 Å². The van der Waals surface area contributed by atoms with Gasteiger partial charge in [0.2, 0.25) is 0 Å². The number of fused-ring (bicyclic) bond motifs is 1. The molecule has 0 radical (unpaired) electrons. The zero-order valence-corrected chi connectivity index (χ0v) is 10.3. The molecule has 1 aromatic heterocycles. The first-order chi connectivity index (χ1) is 8.70. The molecule has 0 aliphatic carbocycles. The van der Waals surface area contributed by atoms with Crippen LogP contribution in [0, 0.1) is 5.82 Å². The summed E-state index contributed by atoms with van der Waals surface area (Å²) in [4.78, 5) is 4.07. The second kappa shape index (κ2) is 4.38. The van der Waals surface area contributed by atoms with Crippen molar-refractivity contribution in [3.63, 3.8) is 0 Å². The third-order valence-electron chi connectivity index (χ3n) is 2.63. The molecule has 3 aromatic rings. The van der Waals surface area contributed by atoms with E-state index in [4.69, 9.17) is 5.73 Å². The average molecular weight is 258 g/mol. The minimum atomic E-state index is -0.311. The van der Waals surface area contributed by atoms with Crippen molar-refractivity contribution in [1.29, 1.82) is 0 Å². The van der Waals surface area contributed by atoms with E-state index in [0.29, 0.717) is 5.69 Å². The van der Waals surface area contributed by atoms with Gasteiger partial charge < -0.3 is 10.7 Å². The van der Waals surface area contributed by atoms with Gasteiger partial charge in [0.05, 0.1) is 5.03 Å². The quantitative estimate of drug-likeness (QED) is 0.681. The minimum absolute atomic E-state index is 0.311. The molecule has 0 aliphatic heterocycles. The van der Waals surface area contributed by atoms with E-state index in [-0.39, 0.29) is 5.82 Å². The fourth-order valence-corrected chi connectivity index (χ4v) is 2.84. The van der Waals surface area contributed by atoms with Gasteiger partial charge in [0.1, 0.15) is 5.82 Å². The molecular weight excluding hydrogens is 247 g/mol. The highest BCUT2D eigenvalue weighted by molar-refractivity contribution is 7.99. The van der Waals surface area contributed by atoms with Crippen molar-refractivity contribution < 1.29 is 4.39 Å². The fraction of sp³-hybridized carbons (Fsp3) is 0. The van der Waals surface area contributed by atoms with Crippen molar-refractivity contribution in [2.24, 2.45) is 0 Å². The number of anilines is 1. The molecule has 0 bridgehead atoms. The van der Waals surface area contributed by atoms with Crippen molar-refractivity contribution in [2.45, 2.75) is 9.92 Å². The Morgan fingerprint density at radius 2 is 1.89 bits per heavy atom. The van der Waals surface area contributed by atoms with Crippen molar-refractivity contribution in [3.05, 3.63) is 54.3 Å². The Kier molecular flexibility index (Phi) is 2.72. The lowest BCUT2D eigenvalue weighted by atomic mass is 10.3. The molecule has 2 aromatic carbocycles. The molecule has 4 heteroatoms. The molecule has 0 fully saturated rings. The first-order valence-corrected chi connectivity index (χ1v) is 6.34. The molecule has 0 atom stereocenters. The van der Waals surface area contributed by atoms with Gasteiger partial charge in [-0.25, -0.2) is 4.39 Å². The number of nitrogens with two attached hydrogens (primary N) is 1. The topological polar surface area (TPSA) is 41.8 Å². The van der Waals surface area contributed by atoms with Gasteiger partial charge >= 0.3 is 0 Å². The van der Waals surface area contributed by atoms with E-state index in [9.17, 15) is 4.39 Å². The maximum absolute atomic E-state index is 13.2. The van der Waals surface area contributed by atoms with Gasteiger partial charge in [0.25, 0.3) is 0 Å². The van der Waals surface area contributed by atoms with E-state index >= 15 is 0 Å². The molecule has 0 spiro atoms. The van der Waals surface area contributed by atoms with Crippen LogP contribution in [0.15, 0.2) is 58.5 Å². The number of aromatic nitrogens is 1. The average Bonchev–Trinajstić information content (AvgIpc) is 2.69. The predicted octanol–water partition coefficient (Wildman–Crippen LogP) is 4.04. The zero-order valence-electron chi connectivity index (χ0n) is 9.48. The third-order valence-corrected chi connectivity index (χ3v) is 3.54. The van der Waals surface area contributed by atoms with Crippen LogP contribution in [0.5, 0.6) is 0 Å². The largest absolute Gasteiger partial charge is 0.399 e. The second-order valence-corrected chi connectivity index (χ2v) is 5.16. The van der Waals surface area contributed by atoms with Crippen molar-refractivity contribution >= 4 is 28.4 Å². The summed E-state index contributed by atoms with van der Waals surface area (Å²) in [5.41, 5.74) is 7.14. The number of halogens is 1. The van der Waals surface area contributed by atoms with Crippen LogP contribution in [0.1, 0.15) is 0 Å². The van der Waals surface area contributed by atoms with Gasteiger partial charge in [-0.1, -0.05) is 30.0 Å². The smallest absolute Gasteiger partial charge is 0.126 e. The Morgan fingerprint density at radius 3 is 2.67 bits per heavy atom. The highest BCUT2D eigenvalue weighted by atomic mass is 32.2. The van der Waals surface area contributed by atoms with Gasteiger partial charge in [-0.2, -0.15) is 0 Å². The number of H-pyrrole nitrogens is 1. The van der Waals surface area contributed by atoms with Crippen molar-refractivity contribution in [1.82, 2.24) is 4.98 Å². The first kappa shape index (κ1) is 11.2. The first-order valence-electron chi connectivity index (χ1n) is 5.52. The molecule has 2 nitrogen and oxygen atoms in total. The maximum Gasteiger partial charge on any atom is 0.126 e. The van der Waals surface area contributed by atoms with E-state index in [2.05, 4.69) is 4.98 Å². The summed E-state index contributed by atoms with van der Waals surface area (Å²) in [5, 5.41) is 2.12. The molecule has 90 valence electrons. The number of nitrogen functional groups attached to an aromatic ring is 1. The highest BCUT2D eigenvalue weighted by Gasteiger charge is 2.04. The summed E-state index contributed by atoms with van der Waals surface area (Å²) in [5.74, 6) is -0.311. The Labute approximate surface area is 108 Å². The van der Waals surface area contributed by atoms with Crippen LogP contribution in [-0.2, 0) is 0 Å². The van der Waals surface area contributed by atoms with Gasteiger partial charge in [0, 0.05) is 21.5 Å². The molecular formula is C14H11FN2S. The fourth-order valence-electron chi connectivity index (χ4n) is 1.87. The number of benzene rings is 2. The highest BCUT2D eigenvalue weighted by Crippen LogP contribution is 2.31. The van der Waals surface area contributed by atoms with E-state index in [1.807, 2.05) is 30.3 Å². The normalized spacial score (nSPS) is 10.9. The maximum atomic E-state index is 13.2. The number of hydrogen-bond donors (Lipinski definition) is 2. The van der Waals surface area contributed by atoms with Gasteiger partial charge in [-0.15, -0.1) is 0 Å². The number of para-hydroxylation sites is 1. The van der Waals surface area contributed by atoms with Gasteiger partial charge in [0.15, 0.2) is 0 Å². The number of hydrogen-bond acceptors (Lipinski definition) is 2. The molecule has 3 rings (SSSR count). The molecule has 0 unspecified atom stereocenters. The predicted molar refractivity (Wildman–Crippen MR) is 73.2 cm³/mol. The second-order valence-electron chi connectivity index (χ2n) is 4.04. The molecule has 0 amide bonds. The lowest BCUT2D eigenvalue weighted by Crippen LogP contribution is -1.87. The summed E-state index contributed by atoms with van der Waals surface area (Å²) in [7, 11) is 0. The zero-order chi connectivity index (χ0) is 12.5. The summed E-state index contributed by atoms with van der Waals surface area (Å²) < 4.78 is 13.2. The number of nitrogens with one attached hydrogen (secondary N) is 1. The summed E-state index contributed by atoms with van der Waals surface area (Å²) in [6.07, 6.45) is 0. The van der Waals surface area contributed by atoms with Crippen LogP contribution in [0.3, 0.4) is 0 Å². The number of aromatic amines is 1. The van der Waals surface area contributed by atoms with E-state index in [1.54, 1.807) is 6.07 Å². The molecule has 0 aliphatic rings. The SMILES string of the molecule is Nc1cc(F)cc(Sc2cc3ccccc3[nH]2)c1. The Morgan fingerprint density at radius 1 is 1.06 bits per heavy atom. The molecule has 0 saturated heterocycles. The van der Waals surface area contributed by atoms with E-state index in [0.717, 1.165) is 20.8 Å². The molecule has 18 heavy (non-hydrogen) atoms. The third kappa shape index (κ3) is 2.19. The van der Waals surface area contributed by atoms with Crippen LogP contribution in [0.4, 0.5) is 10.1 Å². The van der Waals surface area contributed by atoms with Crippen LogP contribution < -0.4 is 5.73 Å². The molecule has 1 heterocycles. The summed E-state index contributed by atoms with van der Waals surface area (Å²) in [6, 6.07) is 14.6. The number of rotatable bonds is 2. The Balaban J connectivity index is 1.96. The van der Waals surface area contributed by atoms with Crippen LogP contribution in [0.25, 0.3) is 10.9 Å². The Hall–Kier alpha value is -1.94. The summed E-state index contributed by atoms with van der Waals surface area (Å²) in [6.45, 7) is 0. The van der Waals surface area contributed by atoms with Crippen molar-refractivity contribution in [3.8, 4) is 0 Å². The van der Waals surface area contributed by atoms with Gasteiger partial charge in [-0.05, 0) is 30.3 Å². The summed E-state index contributed by atoms with van der Waals surface area (Å²) >= 11 is 1.47. The lowest BCUT2D eigenvalue weighted by molar-refractivity contribution is 0.625. The Bertz CT molecular complexity index is 653. The van der Waals surface area contributed by atoms with Crippen LogP contribution >= 0.6 is 11.8 Å². The van der Waals surface area contributed by atoms with E-state index in [1.165, 1.54) is 23.9 Å². The lowest BCUT2D eigenvalue weighted by Gasteiger charge is -2.01. The standard InChI is InChI=1S/C14H11FN2S/c15-10-6-11(16)8-12(7-10)18-14-5-9-3-1-2-4-13(9)17-14/h1-8,17H,16H2. The van der Waals surface area contributed by atoms with Crippen LogP contribution in [0.2, 0.25) is 0 Å². The van der Waals surface area contributed by atoms with Gasteiger partial charge in [-0.3, -0.25) is 0 Å². The van der Waals surface area contributed by atoms with Crippen LogP contribution in [-0.4, -0.2) is 4.98 Å².